The predicted molar refractivity (Wildman–Crippen MR) is 90.7 cm³/mol. The van der Waals surface area contributed by atoms with Crippen LogP contribution in [0.2, 0.25) is 0 Å². The molecule has 0 radical (unpaired) electrons. The van der Waals surface area contributed by atoms with Gasteiger partial charge >= 0.3 is 5.97 Å². The van der Waals surface area contributed by atoms with E-state index in [2.05, 4.69) is 5.32 Å². The van der Waals surface area contributed by atoms with Gasteiger partial charge in [0.25, 0.3) is 5.91 Å². The van der Waals surface area contributed by atoms with Crippen LogP contribution in [-0.4, -0.2) is 49.2 Å². The number of benzene rings is 1. The van der Waals surface area contributed by atoms with E-state index in [1.54, 1.807) is 19.1 Å². The Balaban J connectivity index is 1.75. The number of nitrogens with one attached hydrogen (secondary N) is 1. The van der Waals surface area contributed by atoms with E-state index in [9.17, 15) is 23.7 Å². The number of hydrogen-bond acceptors (Lipinski definition) is 4. The molecule has 2 N–H and O–H groups in total. The van der Waals surface area contributed by atoms with E-state index in [-0.39, 0.29) is 23.8 Å². The smallest absolute Gasteiger partial charge is 0.352 e. The number of carboxylic acids is 1. The number of amides is 2. The number of aliphatic carboxylic acids is 1. The van der Waals surface area contributed by atoms with E-state index >= 15 is 0 Å². The fourth-order valence-electron chi connectivity index (χ4n) is 3.13. The summed E-state index contributed by atoms with van der Waals surface area (Å²) in [4.78, 5) is 37.1. The molecule has 25 heavy (non-hydrogen) atoms. The molecule has 3 unspecified atom stereocenters. The third-order valence-corrected chi connectivity index (χ3v) is 6.01. The maximum absolute atomic E-state index is 12.4. The first-order valence-electron chi connectivity index (χ1n) is 7.93. The average molecular weight is 362 g/mol. The molecular formula is C17H18N2O5S. The van der Waals surface area contributed by atoms with Crippen molar-refractivity contribution in [1.82, 2.24) is 10.2 Å². The number of rotatable bonds is 5. The van der Waals surface area contributed by atoms with Crippen molar-refractivity contribution in [2.75, 3.05) is 5.75 Å². The van der Waals surface area contributed by atoms with Crippen LogP contribution in [-0.2, 0) is 31.6 Å². The van der Waals surface area contributed by atoms with Crippen LogP contribution in [0, 0.1) is 0 Å². The highest BCUT2D eigenvalue weighted by molar-refractivity contribution is 7.86. The molecule has 1 fully saturated rings. The molecule has 1 aromatic rings. The number of β-lactam (4-membered cyclic amide) rings is 1. The van der Waals surface area contributed by atoms with Crippen LogP contribution < -0.4 is 5.32 Å². The first-order chi connectivity index (χ1) is 11.9. The molecule has 1 saturated heterocycles. The Morgan fingerprint density at radius 3 is 2.60 bits per heavy atom. The van der Waals surface area contributed by atoms with Gasteiger partial charge in [-0.2, -0.15) is 0 Å². The van der Waals surface area contributed by atoms with Crippen LogP contribution in [0.4, 0.5) is 0 Å². The lowest BCUT2D eigenvalue weighted by atomic mass is 10.0. The van der Waals surface area contributed by atoms with Gasteiger partial charge in [0, 0.05) is 5.75 Å². The molecule has 0 spiro atoms. The lowest BCUT2D eigenvalue weighted by Crippen LogP contribution is -2.73. The molecule has 3 rings (SSSR count). The Hall–Kier alpha value is -2.48. The normalized spacial score (nSPS) is 25.2. The van der Waals surface area contributed by atoms with E-state index in [1.165, 1.54) is 0 Å². The van der Waals surface area contributed by atoms with E-state index in [0.29, 0.717) is 12.0 Å². The second kappa shape index (κ2) is 6.79. The second-order valence-corrected chi connectivity index (χ2v) is 7.48. The summed E-state index contributed by atoms with van der Waals surface area (Å²) >= 11 is 0. The van der Waals surface area contributed by atoms with Gasteiger partial charge in [-0.1, -0.05) is 37.3 Å². The highest BCUT2D eigenvalue weighted by Gasteiger charge is 2.56. The molecule has 3 atom stereocenters. The minimum atomic E-state index is -1.44. The van der Waals surface area contributed by atoms with Crippen molar-refractivity contribution in [2.24, 2.45) is 0 Å². The average Bonchev–Trinajstić information content (AvgIpc) is 2.59. The van der Waals surface area contributed by atoms with E-state index in [4.69, 9.17) is 0 Å². The van der Waals surface area contributed by atoms with Gasteiger partial charge in [-0.3, -0.25) is 18.7 Å². The fraction of sp³-hybridized carbons (Fsp3) is 0.353. The lowest BCUT2D eigenvalue weighted by molar-refractivity contribution is -0.150. The van der Waals surface area contributed by atoms with Crippen LogP contribution in [0.3, 0.4) is 0 Å². The molecule has 0 aromatic heterocycles. The summed E-state index contributed by atoms with van der Waals surface area (Å²) in [6.45, 7) is 1.76. The van der Waals surface area contributed by atoms with Crippen LogP contribution >= 0.6 is 0 Å². The highest BCUT2D eigenvalue weighted by atomic mass is 32.2. The van der Waals surface area contributed by atoms with Gasteiger partial charge in [-0.05, 0) is 17.6 Å². The summed E-state index contributed by atoms with van der Waals surface area (Å²) in [5.41, 5.74) is 1.20. The standard InChI is InChI=1S/C17H18N2O5S/c1-2-11-9-25(24)16-13(15(21)19(16)14(11)17(22)23)18-12(20)8-10-6-4-3-5-7-10/h3-7,13,16H,2,8-9H2,1H3,(H,18,20)(H,22,23). The first-order valence-corrected chi connectivity index (χ1v) is 9.31. The van der Waals surface area contributed by atoms with Crippen molar-refractivity contribution in [3.8, 4) is 0 Å². The number of carbonyl (C=O) groups excluding carboxylic acids is 2. The quantitative estimate of drug-likeness (QED) is 0.738. The number of fused-ring (bicyclic) bond motifs is 1. The van der Waals surface area contributed by atoms with Gasteiger partial charge in [0.05, 0.1) is 17.2 Å². The lowest BCUT2D eigenvalue weighted by Gasteiger charge is -2.49. The molecule has 2 aliphatic heterocycles. The van der Waals surface area contributed by atoms with E-state index < -0.39 is 34.1 Å². The minimum Gasteiger partial charge on any atom is -0.477 e. The molecule has 2 aliphatic rings. The van der Waals surface area contributed by atoms with Gasteiger partial charge in [0.1, 0.15) is 17.1 Å². The molecule has 2 amide bonds. The Bertz CT molecular complexity index is 789. The van der Waals surface area contributed by atoms with Crippen molar-refractivity contribution >= 4 is 28.6 Å². The Morgan fingerprint density at radius 2 is 2.00 bits per heavy atom. The summed E-state index contributed by atoms with van der Waals surface area (Å²) in [5.74, 6) is -1.98. The Labute approximate surface area is 147 Å². The fourth-order valence-corrected chi connectivity index (χ4v) is 4.92. The number of carbonyl (C=O) groups is 3. The van der Waals surface area contributed by atoms with Gasteiger partial charge < -0.3 is 10.4 Å². The largest absolute Gasteiger partial charge is 0.477 e. The molecule has 7 nitrogen and oxygen atoms in total. The molecular weight excluding hydrogens is 344 g/mol. The van der Waals surface area contributed by atoms with Crippen LogP contribution in [0.15, 0.2) is 41.6 Å². The molecule has 0 aliphatic carbocycles. The molecule has 1 aromatic carbocycles. The monoisotopic (exact) mass is 362 g/mol. The zero-order chi connectivity index (χ0) is 18.1. The zero-order valence-corrected chi connectivity index (χ0v) is 14.4. The second-order valence-electron chi connectivity index (χ2n) is 5.94. The molecule has 0 saturated carbocycles. The van der Waals surface area contributed by atoms with Gasteiger partial charge in [-0.25, -0.2) is 4.79 Å². The topological polar surface area (TPSA) is 104 Å². The number of carboxylic acid groups (broad SMARTS) is 1. The molecule has 132 valence electrons. The molecule has 8 heteroatoms. The van der Waals surface area contributed by atoms with Crippen molar-refractivity contribution in [3.63, 3.8) is 0 Å². The predicted octanol–water partition coefficient (Wildman–Crippen LogP) is 0.393. The summed E-state index contributed by atoms with van der Waals surface area (Å²) in [6.07, 6.45) is 0.515. The number of hydrogen-bond donors (Lipinski definition) is 2. The van der Waals surface area contributed by atoms with Crippen molar-refractivity contribution in [1.29, 1.82) is 0 Å². The molecule has 0 bridgehead atoms. The van der Waals surface area contributed by atoms with Crippen LogP contribution in [0.25, 0.3) is 0 Å². The van der Waals surface area contributed by atoms with Crippen molar-refractivity contribution in [2.45, 2.75) is 31.2 Å². The van der Waals surface area contributed by atoms with Crippen molar-refractivity contribution in [3.05, 3.63) is 47.2 Å². The van der Waals surface area contributed by atoms with Gasteiger partial charge in [-0.15, -0.1) is 0 Å². The third-order valence-electron chi connectivity index (χ3n) is 4.36. The zero-order valence-electron chi connectivity index (χ0n) is 13.6. The Kier molecular flexibility index (Phi) is 4.71. The summed E-state index contributed by atoms with van der Waals surface area (Å²) in [5, 5.41) is 11.2. The Morgan fingerprint density at radius 1 is 1.32 bits per heavy atom. The van der Waals surface area contributed by atoms with E-state index in [0.717, 1.165) is 10.5 Å². The first kappa shape index (κ1) is 17.3. The maximum atomic E-state index is 12.4. The minimum absolute atomic E-state index is 0.0920. The summed E-state index contributed by atoms with van der Waals surface area (Å²) in [6, 6.07) is 8.12. The van der Waals surface area contributed by atoms with Crippen molar-refractivity contribution < 1.29 is 23.7 Å². The summed E-state index contributed by atoms with van der Waals surface area (Å²) < 4.78 is 12.4. The third kappa shape index (κ3) is 3.09. The van der Waals surface area contributed by atoms with Crippen LogP contribution in [0.1, 0.15) is 18.9 Å². The van der Waals surface area contributed by atoms with Gasteiger partial charge in [0.2, 0.25) is 5.91 Å². The molecule has 2 heterocycles. The maximum Gasteiger partial charge on any atom is 0.352 e. The van der Waals surface area contributed by atoms with E-state index in [1.807, 2.05) is 18.2 Å². The highest BCUT2D eigenvalue weighted by Crippen LogP contribution is 2.35. The summed E-state index contributed by atoms with van der Waals surface area (Å²) in [7, 11) is -1.44. The number of nitrogens with zero attached hydrogens (tertiary/aromatic N) is 1. The van der Waals surface area contributed by atoms with Crippen LogP contribution in [0.5, 0.6) is 0 Å². The van der Waals surface area contributed by atoms with Gasteiger partial charge in [0.15, 0.2) is 0 Å². The SMILES string of the molecule is CCC1=C(C(=O)O)N2C(=O)C(NC(=O)Cc3ccccc3)C2S(=O)C1.